The molecule has 0 aliphatic rings. The number of ether oxygens (including phenoxy) is 2. The molecule has 0 aliphatic carbocycles. The van der Waals surface area contributed by atoms with Gasteiger partial charge in [0.15, 0.2) is 6.61 Å². The number of esters is 1. The normalized spacial score (nSPS) is 10.7. The molecule has 24 heavy (non-hydrogen) atoms. The van der Waals surface area contributed by atoms with Crippen LogP contribution >= 0.6 is 0 Å². The summed E-state index contributed by atoms with van der Waals surface area (Å²) < 4.78 is 10.5. The number of terminal acetylenes is 1. The molecule has 0 bridgehead atoms. The van der Waals surface area contributed by atoms with Crippen molar-refractivity contribution in [3.05, 3.63) is 52.6 Å². The molecule has 1 rings (SSSR count). The molecule has 3 nitrogen and oxygen atoms in total. The molecule has 0 heterocycles. The van der Waals surface area contributed by atoms with E-state index in [-0.39, 0.29) is 6.61 Å². The van der Waals surface area contributed by atoms with Gasteiger partial charge in [0.05, 0.1) is 5.56 Å². The second-order valence-electron chi connectivity index (χ2n) is 5.95. The molecule has 1 aromatic rings. The lowest BCUT2D eigenvalue weighted by atomic mass is 10.0. The Labute approximate surface area is 145 Å². The van der Waals surface area contributed by atoms with Crippen molar-refractivity contribution in [2.45, 2.75) is 40.5 Å². The van der Waals surface area contributed by atoms with Crippen LogP contribution in [0.15, 0.2) is 47.1 Å². The fraction of sp³-hybridized carbons (Fsp3) is 0.381. The van der Waals surface area contributed by atoms with E-state index in [0.717, 1.165) is 12.8 Å². The van der Waals surface area contributed by atoms with Gasteiger partial charge in [-0.15, -0.1) is 6.42 Å². The third-order valence-electron chi connectivity index (χ3n) is 3.81. The summed E-state index contributed by atoms with van der Waals surface area (Å²) >= 11 is 0. The number of hydrogen-bond acceptors (Lipinski definition) is 3. The Morgan fingerprint density at radius 2 is 1.79 bits per heavy atom. The first-order valence-electron chi connectivity index (χ1n) is 8.06. The molecule has 0 atom stereocenters. The van der Waals surface area contributed by atoms with E-state index < -0.39 is 5.97 Å². The molecule has 128 valence electrons. The second-order valence-corrected chi connectivity index (χ2v) is 5.95. The lowest BCUT2D eigenvalue weighted by Gasteiger charge is -2.07. The van der Waals surface area contributed by atoms with Crippen LogP contribution in [0.3, 0.4) is 0 Å². The van der Waals surface area contributed by atoms with Crippen LogP contribution in [0.25, 0.3) is 0 Å². The summed E-state index contributed by atoms with van der Waals surface area (Å²) in [6, 6.07) is 6.85. The zero-order valence-electron chi connectivity index (χ0n) is 15.0. The second kappa shape index (κ2) is 10.3. The number of hydrogen-bond donors (Lipinski definition) is 0. The molecular formula is C21H26O3. The molecule has 0 unspecified atom stereocenters. The number of carbonyl (C=O) groups excluding carboxylic acids is 1. The summed E-state index contributed by atoms with van der Waals surface area (Å²) in [5, 5.41) is 0. The van der Waals surface area contributed by atoms with Crippen LogP contribution in [0.4, 0.5) is 0 Å². The Morgan fingerprint density at radius 3 is 2.38 bits per heavy atom. The zero-order chi connectivity index (χ0) is 17.9. The molecule has 0 saturated heterocycles. The molecule has 0 radical (unpaired) electrons. The lowest BCUT2D eigenvalue weighted by Crippen LogP contribution is -2.05. The number of carbonyl (C=O) groups is 1. The summed E-state index contributed by atoms with van der Waals surface area (Å²) in [5.74, 6) is 2.55. The van der Waals surface area contributed by atoms with Gasteiger partial charge in [0.25, 0.3) is 0 Å². The minimum Gasteiger partial charge on any atom is -0.490 e. The van der Waals surface area contributed by atoms with Gasteiger partial charge in [-0.3, -0.25) is 0 Å². The predicted molar refractivity (Wildman–Crippen MR) is 98.1 cm³/mol. The lowest BCUT2D eigenvalue weighted by molar-refractivity contribution is 0.0556. The number of allylic oxidation sites excluding steroid dienone is 3. The van der Waals surface area contributed by atoms with Crippen LogP contribution in [0.2, 0.25) is 0 Å². The number of benzene rings is 1. The van der Waals surface area contributed by atoms with Crippen LogP contribution in [0.5, 0.6) is 5.75 Å². The van der Waals surface area contributed by atoms with Gasteiger partial charge in [0, 0.05) is 0 Å². The van der Waals surface area contributed by atoms with Crippen molar-refractivity contribution in [2.24, 2.45) is 0 Å². The Morgan fingerprint density at radius 1 is 1.12 bits per heavy atom. The largest absolute Gasteiger partial charge is 0.490 e. The van der Waals surface area contributed by atoms with E-state index in [1.54, 1.807) is 24.3 Å². The molecule has 0 fully saturated rings. The smallest absolute Gasteiger partial charge is 0.339 e. The highest BCUT2D eigenvalue weighted by Gasteiger charge is 2.06. The van der Waals surface area contributed by atoms with Crippen LogP contribution < -0.4 is 4.74 Å². The van der Waals surface area contributed by atoms with Crippen molar-refractivity contribution in [3.8, 4) is 18.1 Å². The molecule has 0 saturated carbocycles. The van der Waals surface area contributed by atoms with Crippen molar-refractivity contribution in [3.63, 3.8) is 0 Å². The van der Waals surface area contributed by atoms with Gasteiger partial charge in [-0.2, -0.15) is 0 Å². The highest BCUT2D eigenvalue weighted by molar-refractivity contribution is 5.89. The first kappa shape index (κ1) is 19.6. The van der Waals surface area contributed by atoms with Gasteiger partial charge in [-0.25, -0.2) is 4.79 Å². The monoisotopic (exact) mass is 326 g/mol. The summed E-state index contributed by atoms with van der Waals surface area (Å²) in [5.41, 5.74) is 4.60. The SMILES string of the molecule is C#CCOC(=O)c1ccc(OC/C=C(\C)CCC(C)=C(C)C)cc1. The third kappa shape index (κ3) is 7.19. The molecule has 0 N–H and O–H groups in total. The summed E-state index contributed by atoms with van der Waals surface area (Å²) in [7, 11) is 0. The van der Waals surface area contributed by atoms with Crippen molar-refractivity contribution < 1.29 is 14.3 Å². The van der Waals surface area contributed by atoms with Crippen LogP contribution in [-0.2, 0) is 4.74 Å². The van der Waals surface area contributed by atoms with Gasteiger partial charge in [0.2, 0.25) is 0 Å². The molecule has 0 aliphatic heterocycles. The van der Waals surface area contributed by atoms with Crippen molar-refractivity contribution in [2.75, 3.05) is 13.2 Å². The average molecular weight is 326 g/mol. The van der Waals surface area contributed by atoms with Crippen LogP contribution in [0, 0.1) is 12.3 Å². The molecular weight excluding hydrogens is 300 g/mol. The van der Waals surface area contributed by atoms with Gasteiger partial charge in [-0.1, -0.05) is 22.6 Å². The van der Waals surface area contributed by atoms with Crippen molar-refractivity contribution in [1.29, 1.82) is 0 Å². The highest BCUT2D eigenvalue weighted by Crippen LogP contribution is 2.15. The zero-order valence-corrected chi connectivity index (χ0v) is 15.0. The maximum atomic E-state index is 11.6. The minimum absolute atomic E-state index is 0.0205. The highest BCUT2D eigenvalue weighted by atomic mass is 16.5. The Kier molecular flexibility index (Phi) is 8.43. The fourth-order valence-electron chi connectivity index (χ4n) is 1.89. The van der Waals surface area contributed by atoms with E-state index in [1.165, 1.54) is 16.7 Å². The topological polar surface area (TPSA) is 35.5 Å². The van der Waals surface area contributed by atoms with Crippen LogP contribution in [0.1, 0.15) is 50.9 Å². The average Bonchev–Trinajstić information content (AvgIpc) is 2.58. The standard InChI is InChI=1S/C21H26O3/c1-6-14-24-21(22)19-9-11-20(12-10-19)23-15-13-17(4)7-8-18(5)16(2)3/h1,9-13H,7-8,14-15H2,2-5H3/b17-13+. The van der Waals surface area contributed by atoms with E-state index in [2.05, 4.69) is 39.7 Å². The van der Waals surface area contributed by atoms with Crippen LogP contribution in [-0.4, -0.2) is 19.2 Å². The maximum Gasteiger partial charge on any atom is 0.339 e. The van der Waals surface area contributed by atoms with Gasteiger partial charge in [0.1, 0.15) is 12.4 Å². The van der Waals surface area contributed by atoms with E-state index in [9.17, 15) is 4.79 Å². The van der Waals surface area contributed by atoms with Crippen molar-refractivity contribution in [1.82, 2.24) is 0 Å². The van der Waals surface area contributed by atoms with Gasteiger partial charge >= 0.3 is 5.97 Å². The Balaban J connectivity index is 2.45. The van der Waals surface area contributed by atoms with E-state index in [4.69, 9.17) is 15.9 Å². The quantitative estimate of drug-likeness (QED) is 0.386. The van der Waals surface area contributed by atoms with E-state index in [1.807, 2.05) is 0 Å². The molecule has 3 heteroatoms. The van der Waals surface area contributed by atoms with Gasteiger partial charge < -0.3 is 9.47 Å². The summed E-state index contributed by atoms with van der Waals surface area (Å²) in [6.45, 7) is 9.07. The Hall–Kier alpha value is -2.47. The predicted octanol–water partition coefficient (Wildman–Crippen LogP) is 4.94. The minimum atomic E-state index is -0.426. The Bertz CT molecular complexity index is 639. The van der Waals surface area contributed by atoms with E-state index in [0.29, 0.717) is 17.9 Å². The van der Waals surface area contributed by atoms with Gasteiger partial charge in [-0.05, 0) is 70.9 Å². The molecule has 0 amide bonds. The third-order valence-corrected chi connectivity index (χ3v) is 3.81. The first-order valence-corrected chi connectivity index (χ1v) is 8.06. The summed E-state index contributed by atoms with van der Waals surface area (Å²) in [4.78, 5) is 11.6. The van der Waals surface area contributed by atoms with E-state index >= 15 is 0 Å². The molecule has 1 aromatic carbocycles. The fourth-order valence-corrected chi connectivity index (χ4v) is 1.89. The maximum absolute atomic E-state index is 11.6. The van der Waals surface area contributed by atoms with Crippen molar-refractivity contribution >= 4 is 5.97 Å². The molecule has 0 aromatic heterocycles. The number of rotatable bonds is 8. The molecule has 0 spiro atoms. The summed E-state index contributed by atoms with van der Waals surface area (Å²) in [6.07, 6.45) is 9.27. The first-order chi connectivity index (χ1) is 11.4.